The van der Waals surface area contributed by atoms with Crippen LogP contribution in [0.4, 0.5) is 0 Å². The summed E-state index contributed by atoms with van der Waals surface area (Å²) in [6, 6.07) is 19.0. The number of aryl methyl sites for hydroxylation is 1. The molecule has 3 aromatic rings. The molecule has 7 heteroatoms. The van der Waals surface area contributed by atoms with Gasteiger partial charge in [0.1, 0.15) is 0 Å². The van der Waals surface area contributed by atoms with Crippen molar-refractivity contribution in [1.29, 1.82) is 0 Å². The lowest BCUT2D eigenvalue weighted by Crippen LogP contribution is -2.21. The highest BCUT2D eigenvalue weighted by Crippen LogP contribution is 2.33. The van der Waals surface area contributed by atoms with Crippen LogP contribution in [0.2, 0.25) is 10.0 Å². The van der Waals surface area contributed by atoms with Gasteiger partial charge in [-0.1, -0.05) is 71.2 Å². The highest BCUT2D eigenvalue weighted by molar-refractivity contribution is 7.86. The first kappa shape index (κ1) is 20.6. The summed E-state index contributed by atoms with van der Waals surface area (Å²) in [7, 11) is -4.23. The van der Waals surface area contributed by atoms with Gasteiger partial charge >= 0.3 is 0 Å². The summed E-state index contributed by atoms with van der Waals surface area (Å²) < 4.78 is 31.0. The molecule has 0 N–H and O–H groups in total. The van der Waals surface area contributed by atoms with Gasteiger partial charge in [0.2, 0.25) is 0 Å². The molecule has 1 unspecified atom stereocenters. The van der Waals surface area contributed by atoms with E-state index < -0.39 is 22.0 Å². The van der Waals surface area contributed by atoms with E-state index in [2.05, 4.69) is 0 Å². The Labute approximate surface area is 173 Å². The van der Waals surface area contributed by atoms with E-state index in [1.807, 2.05) is 6.92 Å². The van der Waals surface area contributed by atoms with E-state index in [0.717, 1.165) is 5.56 Å². The first-order chi connectivity index (χ1) is 13.3. The average Bonchev–Trinajstić information content (AvgIpc) is 2.67. The minimum Gasteiger partial charge on any atom is -0.291 e. The van der Waals surface area contributed by atoms with Crippen molar-refractivity contribution in [2.45, 2.75) is 17.9 Å². The van der Waals surface area contributed by atoms with Crippen molar-refractivity contribution in [3.63, 3.8) is 0 Å². The number of carbonyl (C=O) groups excluding carboxylic acids is 1. The van der Waals surface area contributed by atoms with Crippen LogP contribution in [0.3, 0.4) is 0 Å². The molecule has 0 saturated carbocycles. The number of ketones is 1. The quantitative estimate of drug-likeness (QED) is 0.372. The Kier molecular flexibility index (Phi) is 6.20. The zero-order chi connectivity index (χ0) is 20.3. The number of benzene rings is 3. The smallest absolute Gasteiger partial charge is 0.291 e. The molecule has 0 aliphatic heterocycles. The third-order valence-electron chi connectivity index (χ3n) is 4.10. The summed E-state index contributed by atoms with van der Waals surface area (Å²) in [5.41, 5.74) is 1.28. The number of Topliss-reactive ketones (excluding diaryl/α,β-unsaturated/α-hetero) is 1. The molecule has 0 aliphatic carbocycles. The third kappa shape index (κ3) is 4.45. The van der Waals surface area contributed by atoms with Gasteiger partial charge in [-0.3, -0.25) is 4.79 Å². The van der Waals surface area contributed by atoms with Crippen molar-refractivity contribution < 1.29 is 17.4 Å². The lowest BCUT2D eigenvalue weighted by Gasteiger charge is -2.19. The average molecular weight is 435 g/mol. The SMILES string of the molecule is Cc1ccc(S(=O)(=O)OC(C(=O)c2ccccc2Cl)c2ccccc2Cl)cc1. The molecule has 1 atom stereocenters. The van der Waals surface area contributed by atoms with Crippen LogP contribution in [-0.2, 0) is 14.3 Å². The van der Waals surface area contributed by atoms with Crippen molar-refractivity contribution >= 4 is 39.1 Å². The maximum absolute atomic E-state index is 13.1. The third-order valence-corrected chi connectivity index (χ3v) is 6.07. The van der Waals surface area contributed by atoms with Gasteiger partial charge in [-0.25, -0.2) is 4.18 Å². The Bertz CT molecular complexity index is 1110. The van der Waals surface area contributed by atoms with Crippen LogP contribution in [0.1, 0.15) is 27.6 Å². The van der Waals surface area contributed by atoms with Gasteiger partial charge in [0, 0.05) is 16.1 Å². The molecule has 0 aromatic heterocycles. The standard InChI is InChI=1S/C21H16Cl2O4S/c1-14-10-12-15(13-11-14)28(25,26)27-21(17-7-3-5-9-19(17)23)20(24)16-6-2-4-8-18(16)22/h2-13,21H,1H3. The molecule has 3 rings (SSSR count). The molecule has 0 radical (unpaired) electrons. The summed E-state index contributed by atoms with van der Waals surface area (Å²) >= 11 is 12.4. The van der Waals surface area contributed by atoms with Gasteiger partial charge in [-0.05, 0) is 37.3 Å². The molecule has 0 fully saturated rings. The molecule has 0 spiro atoms. The summed E-state index contributed by atoms with van der Waals surface area (Å²) in [4.78, 5) is 13.1. The van der Waals surface area contributed by atoms with Crippen molar-refractivity contribution in [3.05, 3.63) is 99.5 Å². The zero-order valence-corrected chi connectivity index (χ0v) is 17.1. The second kappa shape index (κ2) is 8.45. The minimum atomic E-state index is -4.23. The van der Waals surface area contributed by atoms with Crippen LogP contribution in [0.25, 0.3) is 0 Å². The first-order valence-electron chi connectivity index (χ1n) is 8.33. The Morgan fingerprint density at radius 3 is 2.04 bits per heavy atom. The molecular formula is C21H16Cl2O4S. The highest BCUT2D eigenvalue weighted by Gasteiger charge is 2.32. The number of hydrogen-bond acceptors (Lipinski definition) is 4. The minimum absolute atomic E-state index is 0.0536. The molecule has 0 bridgehead atoms. The van der Waals surface area contributed by atoms with Gasteiger partial charge in [-0.2, -0.15) is 8.42 Å². The van der Waals surface area contributed by atoms with E-state index in [1.165, 1.54) is 18.2 Å². The maximum atomic E-state index is 13.1. The maximum Gasteiger partial charge on any atom is 0.298 e. The van der Waals surface area contributed by atoms with E-state index in [1.54, 1.807) is 54.6 Å². The molecule has 0 saturated heterocycles. The van der Waals surface area contributed by atoms with Gasteiger partial charge in [0.15, 0.2) is 11.9 Å². The predicted molar refractivity (Wildman–Crippen MR) is 109 cm³/mol. The Balaban J connectivity index is 2.07. The number of rotatable bonds is 6. The number of hydrogen-bond donors (Lipinski definition) is 0. The Morgan fingerprint density at radius 2 is 1.43 bits per heavy atom. The fourth-order valence-electron chi connectivity index (χ4n) is 2.61. The van der Waals surface area contributed by atoms with Gasteiger partial charge in [-0.15, -0.1) is 0 Å². The van der Waals surface area contributed by atoms with E-state index in [4.69, 9.17) is 27.4 Å². The van der Waals surface area contributed by atoms with Crippen LogP contribution >= 0.6 is 23.2 Å². The Hall–Kier alpha value is -2.18. The lowest BCUT2D eigenvalue weighted by molar-refractivity contribution is 0.0801. The van der Waals surface area contributed by atoms with Crippen LogP contribution in [0.5, 0.6) is 0 Å². The van der Waals surface area contributed by atoms with Crippen LogP contribution < -0.4 is 0 Å². The zero-order valence-electron chi connectivity index (χ0n) is 14.8. The van der Waals surface area contributed by atoms with Gasteiger partial charge in [0.05, 0.1) is 9.92 Å². The van der Waals surface area contributed by atoms with Gasteiger partial charge in [0.25, 0.3) is 10.1 Å². The molecule has 4 nitrogen and oxygen atoms in total. The van der Waals surface area contributed by atoms with Crippen molar-refractivity contribution in [3.8, 4) is 0 Å². The predicted octanol–water partition coefficient (Wildman–Crippen LogP) is 5.63. The van der Waals surface area contributed by atoms with Crippen molar-refractivity contribution in [2.75, 3.05) is 0 Å². The van der Waals surface area contributed by atoms with Crippen molar-refractivity contribution in [1.82, 2.24) is 0 Å². The molecule has 0 aliphatic rings. The summed E-state index contributed by atoms with van der Waals surface area (Å²) in [5.74, 6) is -0.602. The van der Waals surface area contributed by atoms with E-state index in [-0.39, 0.29) is 26.1 Å². The van der Waals surface area contributed by atoms with E-state index in [9.17, 15) is 13.2 Å². The van der Waals surface area contributed by atoms with Crippen LogP contribution in [0.15, 0.2) is 77.7 Å². The van der Waals surface area contributed by atoms with Crippen LogP contribution in [0, 0.1) is 6.92 Å². The van der Waals surface area contributed by atoms with Gasteiger partial charge < -0.3 is 0 Å². The second-order valence-corrected chi connectivity index (χ2v) is 8.50. The van der Waals surface area contributed by atoms with E-state index in [0.29, 0.717) is 0 Å². The highest BCUT2D eigenvalue weighted by atomic mass is 35.5. The molecule has 28 heavy (non-hydrogen) atoms. The Morgan fingerprint density at radius 1 is 0.857 bits per heavy atom. The number of carbonyl (C=O) groups is 1. The number of halogens is 2. The molecule has 0 heterocycles. The molecule has 0 amide bonds. The first-order valence-corrected chi connectivity index (χ1v) is 10.5. The largest absolute Gasteiger partial charge is 0.298 e. The molecular weight excluding hydrogens is 419 g/mol. The fraction of sp³-hybridized carbons (Fsp3) is 0.0952. The summed E-state index contributed by atoms with van der Waals surface area (Å²) in [5, 5.41) is 0.410. The molecule has 3 aromatic carbocycles. The monoisotopic (exact) mass is 434 g/mol. The normalized spacial score (nSPS) is 12.5. The summed E-state index contributed by atoms with van der Waals surface area (Å²) in [6.07, 6.45) is -1.47. The summed E-state index contributed by atoms with van der Waals surface area (Å²) in [6.45, 7) is 1.84. The second-order valence-electron chi connectivity index (χ2n) is 6.11. The van der Waals surface area contributed by atoms with Crippen molar-refractivity contribution in [2.24, 2.45) is 0 Å². The lowest BCUT2D eigenvalue weighted by atomic mass is 10.00. The fourth-order valence-corrected chi connectivity index (χ4v) is 4.10. The van der Waals surface area contributed by atoms with Crippen LogP contribution in [-0.4, -0.2) is 14.2 Å². The topological polar surface area (TPSA) is 60.4 Å². The molecule has 144 valence electrons. The van der Waals surface area contributed by atoms with E-state index >= 15 is 0 Å².